The van der Waals surface area contributed by atoms with Gasteiger partial charge in [-0.15, -0.1) is 0 Å². The van der Waals surface area contributed by atoms with Crippen molar-refractivity contribution in [3.63, 3.8) is 0 Å². The third kappa shape index (κ3) is 9.88. The van der Waals surface area contributed by atoms with Crippen molar-refractivity contribution in [1.29, 1.82) is 0 Å². The van der Waals surface area contributed by atoms with Crippen LogP contribution in [0.15, 0.2) is 0 Å². The zero-order chi connectivity index (χ0) is 0. The Morgan fingerprint density at radius 3 is 0.500 bits per heavy atom. The maximum absolute atomic E-state index is 0. The molecule has 0 atom stereocenters. The molecule has 0 fully saturated rings. The topological polar surface area (TPSA) is 33.5 Å². The van der Waals surface area contributed by atoms with Crippen molar-refractivity contribution in [3.05, 3.63) is 6.15 Å². The smallest absolute Gasteiger partial charge is 0 e. The molecule has 0 saturated heterocycles. The van der Waals surface area contributed by atoms with E-state index in [1.54, 1.807) is 0 Å². The molecule has 0 bridgehead atoms. The van der Waals surface area contributed by atoms with Gasteiger partial charge in [-0.05, 0) is 0 Å². The average molecular weight is 192 g/mol. The van der Waals surface area contributed by atoms with Crippen LogP contribution < -0.4 is 0 Å². The molecule has 0 aromatic heterocycles. The Kier molecular flexibility index (Phi) is 327. The summed E-state index contributed by atoms with van der Waals surface area (Å²) >= 11 is 0. The molecule has 0 unspecified atom stereocenters. The van der Waals surface area contributed by atoms with E-state index in [9.17, 15) is 0 Å². The van der Waals surface area contributed by atoms with Crippen molar-refractivity contribution >= 4 is 0 Å². The Morgan fingerprint density at radius 1 is 0.500 bits per heavy atom. The molecule has 0 saturated carbocycles. The van der Waals surface area contributed by atoms with Crippen molar-refractivity contribution in [2.75, 3.05) is 0 Å². The monoisotopic (exact) mass is 190 g/mol. The standard InChI is InChI=1S/H2N.3Ni/h1H2;;;/q-1;;;. The Balaban J connectivity index is 0. The van der Waals surface area contributed by atoms with Crippen LogP contribution in [-0.4, -0.2) is 0 Å². The number of rotatable bonds is 0. The van der Waals surface area contributed by atoms with Crippen LogP contribution in [0.4, 0.5) is 0 Å². The summed E-state index contributed by atoms with van der Waals surface area (Å²) in [5, 5.41) is 0. The molecule has 1 nitrogen and oxygen atoms in total. The minimum Gasteiger partial charge on any atom is -0.693 e. The van der Waals surface area contributed by atoms with E-state index in [1.165, 1.54) is 0 Å². The molecule has 0 rings (SSSR count). The Bertz CT molecular complexity index is 3.25. The number of hydrogen-bond donors (Lipinski definition) is 0. The van der Waals surface area contributed by atoms with Crippen LogP contribution in [0, 0.1) is 0 Å². The van der Waals surface area contributed by atoms with Crippen molar-refractivity contribution in [1.82, 2.24) is 0 Å². The van der Waals surface area contributed by atoms with Gasteiger partial charge in [0, 0.05) is 49.5 Å². The van der Waals surface area contributed by atoms with Crippen LogP contribution in [0.5, 0.6) is 0 Å². The van der Waals surface area contributed by atoms with Gasteiger partial charge < -0.3 is 6.15 Å². The fourth-order valence-corrected chi connectivity index (χ4v) is 0. The van der Waals surface area contributed by atoms with E-state index in [0.29, 0.717) is 0 Å². The van der Waals surface area contributed by atoms with Gasteiger partial charge in [-0.25, -0.2) is 0 Å². The van der Waals surface area contributed by atoms with E-state index in [0.717, 1.165) is 0 Å². The Morgan fingerprint density at radius 2 is 0.500 bits per heavy atom. The maximum atomic E-state index is 0. The van der Waals surface area contributed by atoms with E-state index < -0.39 is 0 Å². The van der Waals surface area contributed by atoms with E-state index in [2.05, 4.69) is 0 Å². The summed E-state index contributed by atoms with van der Waals surface area (Å²) < 4.78 is 0. The molecule has 0 heterocycles. The summed E-state index contributed by atoms with van der Waals surface area (Å²) in [4.78, 5) is 0. The molecule has 4 heavy (non-hydrogen) atoms. The fourth-order valence-electron chi connectivity index (χ4n) is 0. The van der Waals surface area contributed by atoms with Gasteiger partial charge in [-0.3, -0.25) is 0 Å². The summed E-state index contributed by atoms with van der Waals surface area (Å²) in [6.45, 7) is 0. The van der Waals surface area contributed by atoms with Gasteiger partial charge in [-0.2, -0.15) is 0 Å². The van der Waals surface area contributed by atoms with E-state index >= 15 is 0 Å². The van der Waals surface area contributed by atoms with E-state index in [-0.39, 0.29) is 55.6 Å². The van der Waals surface area contributed by atoms with Crippen LogP contribution in [0.25, 0.3) is 6.15 Å². The molecule has 0 aromatic rings. The Hall–Kier alpha value is 1.44. The molecule has 0 amide bonds. The zero-order valence-electron chi connectivity index (χ0n) is 1.53. The fraction of sp³-hybridized carbons (Fsp3) is 0. The molecule has 38 valence electrons. The summed E-state index contributed by atoms with van der Waals surface area (Å²) in [7, 11) is 0. The van der Waals surface area contributed by atoms with Crippen LogP contribution in [0.1, 0.15) is 0 Å². The van der Waals surface area contributed by atoms with Crippen molar-refractivity contribution in [2.45, 2.75) is 0 Å². The summed E-state index contributed by atoms with van der Waals surface area (Å²) in [5.41, 5.74) is 0. The molecule has 0 aliphatic heterocycles. The van der Waals surface area contributed by atoms with Crippen LogP contribution in [-0.2, 0) is 49.5 Å². The molecule has 4 heteroatoms. The zero-order valence-corrected chi connectivity index (χ0v) is 4.49. The first kappa shape index (κ1) is 51.7. The van der Waals surface area contributed by atoms with Gasteiger partial charge in [0.25, 0.3) is 0 Å². The summed E-state index contributed by atoms with van der Waals surface area (Å²) in [6, 6.07) is 0. The molecule has 0 spiro atoms. The van der Waals surface area contributed by atoms with Gasteiger partial charge in [0.05, 0.1) is 0 Å². The summed E-state index contributed by atoms with van der Waals surface area (Å²) in [5.74, 6) is 0. The maximum Gasteiger partial charge on any atom is 0 e. The second-order valence-corrected chi connectivity index (χ2v) is 0. The van der Waals surface area contributed by atoms with E-state index in [4.69, 9.17) is 0 Å². The predicted molar refractivity (Wildman–Crippen MR) is 5.28 cm³/mol. The normalized spacial score (nSPS) is 0. The second kappa shape index (κ2) is 25.3. The first-order chi connectivity index (χ1) is 0. The minimum atomic E-state index is 0. The first-order valence-corrected chi connectivity index (χ1v) is 0. The number of nitrogens with two attached hydrogens (primary N) is 1. The number of hydrogen-bond acceptors (Lipinski definition) is 0. The van der Waals surface area contributed by atoms with Crippen LogP contribution >= 0.6 is 0 Å². The SMILES string of the molecule is [NH2-].[Ni].[Ni].[Ni]. The molecule has 0 aromatic carbocycles. The predicted octanol–water partition coefficient (Wildman–Crippen LogP) is 0.710. The van der Waals surface area contributed by atoms with Gasteiger partial charge in [0.1, 0.15) is 0 Å². The van der Waals surface area contributed by atoms with Crippen molar-refractivity contribution in [3.8, 4) is 0 Å². The van der Waals surface area contributed by atoms with Gasteiger partial charge in [-0.1, -0.05) is 0 Å². The van der Waals surface area contributed by atoms with Gasteiger partial charge >= 0.3 is 0 Å². The second-order valence-electron chi connectivity index (χ2n) is 0. The quantitative estimate of drug-likeness (QED) is 0.506. The molecule has 2 N–H and O–H groups in total. The third-order valence-corrected chi connectivity index (χ3v) is 0. The van der Waals surface area contributed by atoms with Crippen molar-refractivity contribution in [2.24, 2.45) is 0 Å². The summed E-state index contributed by atoms with van der Waals surface area (Å²) in [6.07, 6.45) is 0. The molecule has 0 aliphatic rings. The first-order valence-electron chi connectivity index (χ1n) is 0. The van der Waals surface area contributed by atoms with Crippen molar-refractivity contribution < 1.29 is 49.5 Å². The molecule has 0 aliphatic carbocycles. The van der Waals surface area contributed by atoms with Gasteiger partial charge in [0.2, 0.25) is 0 Å². The van der Waals surface area contributed by atoms with Crippen LogP contribution in [0.2, 0.25) is 0 Å². The molecular formula is H2NNi3-. The Labute approximate surface area is 55.6 Å². The molecular weight excluding hydrogens is 190 g/mol. The van der Waals surface area contributed by atoms with Gasteiger partial charge in [0.15, 0.2) is 0 Å². The third-order valence-electron chi connectivity index (χ3n) is 0. The average Bonchev–Trinajstić information content (AvgIpc) is 0. The largest absolute Gasteiger partial charge is 0.693 e. The van der Waals surface area contributed by atoms with Crippen LogP contribution in [0.3, 0.4) is 0 Å². The molecule has 0 radical (unpaired) electrons. The van der Waals surface area contributed by atoms with E-state index in [1.807, 2.05) is 0 Å². The minimum absolute atomic E-state index is 0.